The highest BCUT2D eigenvalue weighted by Gasteiger charge is 2.32. The van der Waals surface area contributed by atoms with Gasteiger partial charge in [-0.2, -0.15) is 13.2 Å². The second kappa shape index (κ2) is 6.02. The largest absolute Gasteiger partial charge is 0.416 e. The maximum atomic E-state index is 12.9. The average Bonchev–Trinajstić information content (AvgIpc) is 3.31. The van der Waals surface area contributed by atoms with E-state index < -0.39 is 11.7 Å². The summed E-state index contributed by atoms with van der Waals surface area (Å²) in [6.07, 6.45) is 7.08. The maximum Gasteiger partial charge on any atom is 0.416 e. The molecule has 0 unspecified atom stereocenters. The lowest BCUT2D eigenvalue weighted by Crippen LogP contribution is -2.33. The van der Waals surface area contributed by atoms with Crippen LogP contribution in [0.4, 0.5) is 18.9 Å². The minimum Gasteiger partial charge on any atom is -0.346 e. The molecule has 1 N–H and O–H groups in total. The lowest BCUT2D eigenvalue weighted by Gasteiger charge is -2.31. The van der Waals surface area contributed by atoms with Crippen LogP contribution in [-0.4, -0.2) is 21.5 Å². The van der Waals surface area contributed by atoms with E-state index in [1.54, 1.807) is 0 Å². The molecule has 2 aliphatic rings. The highest BCUT2D eigenvalue weighted by molar-refractivity contribution is 5.84. The Morgan fingerprint density at radius 3 is 2.64 bits per heavy atom. The van der Waals surface area contributed by atoms with Crippen LogP contribution in [0.5, 0.6) is 0 Å². The number of allylic oxidation sites excluding steroid dienone is 3. The fourth-order valence-electron chi connectivity index (χ4n) is 3.57. The number of nitrogens with zero attached hydrogens (tertiary/aromatic N) is 3. The quantitative estimate of drug-likeness (QED) is 0.671. The van der Waals surface area contributed by atoms with Crippen LogP contribution >= 0.6 is 0 Å². The Morgan fingerprint density at radius 1 is 1.04 bits per heavy atom. The molecule has 5 rings (SSSR count). The molecule has 3 aromatic rings. The number of anilines is 1. The van der Waals surface area contributed by atoms with E-state index in [0.717, 1.165) is 40.0 Å². The molecule has 0 bridgehead atoms. The number of hydrogen-bond acceptors (Lipinski definition) is 3. The summed E-state index contributed by atoms with van der Waals surface area (Å²) >= 11 is 0. The molecule has 2 aromatic heterocycles. The standard InChI is InChI=1S/C21H15F3N4/c22-21(23,24)16-4-6-17(7-5-16)28-13-18(19-3-1-2-10-27(19)28)15-11-14-8-9-25-20(14)26-12-15/h1-12H,13H2,(H,25,26). The van der Waals surface area contributed by atoms with Crippen molar-refractivity contribution in [3.8, 4) is 0 Å². The number of fused-ring (bicyclic) bond motifs is 2. The summed E-state index contributed by atoms with van der Waals surface area (Å²) < 4.78 is 38.7. The summed E-state index contributed by atoms with van der Waals surface area (Å²) in [6, 6.07) is 9.27. The van der Waals surface area contributed by atoms with Crippen molar-refractivity contribution in [2.75, 3.05) is 11.6 Å². The van der Waals surface area contributed by atoms with Crippen molar-refractivity contribution in [3.63, 3.8) is 0 Å². The van der Waals surface area contributed by atoms with E-state index in [-0.39, 0.29) is 0 Å². The SMILES string of the molecule is FC(F)(F)c1ccc(N2CC(c3cnc4[nH]ccc4c3)=C3C=CC=CN32)cc1. The van der Waals surface area contributed by atoms with Gasteiger partial charge in [0.1, 0.15) is 5.65 Å². The lowest BCUT2D eigenvalue weighted by atomic mass is 10.0. The maximum absolute atomic E-state index is 12.9. The second-order valence-corrected chi connectivity index (χ2v) is 6.65. The van der Waals surface area contributed by atoms with Gasteiger partial charge in [0, 0.05) is 35.1 Å². The van der Waals surface area contributed by atoms with Gasteiger partial charge < -0.3 is 4.98 Å². The first-order valence-corrected chi connectivity index (χ1v) is 8.76. The van der Waals surface area contributed by atoms with Crippen molar-refractivity contribution in [2.24, 2.45) is 0 Å². The normalized spacial score (nSPS) is 16.4. The summed E-state index contributed by atoms with van der Waals surface area (Å²) in [5.41, 5.74) is 3.90. The van der Waals surface area contributed by atoms with Gasteiger partial charge in [-0.15, -0.1) is 0 Å². The number of aromatic nitrogens is 2. The second-order valence-electron chi connectivity index (χ2n) is 6.65. The Morgan fingerprint density at radius 2 is 1.86 bits per heavy atom. The van der Waals surface area contributed by atoms with Crippen LogP contribution in [0.1, 0.15) is 11.1 Å². The van der Waals surface area contributed by atoms with E-state index in [9.17, 15) is 13.2 Å². The first-order valence-electron chi connectivity index (χ1n) is 8.76. The van der Waals surface area contributed by atoms with E-state index in [1.807, 2.05) is 52.9 Å². The van der Waals surface area contributed by atoms with Crippen LogP contribution in [0.3, 0.4) is 0 Å². The van der Waals surface area contributed by atoms with Gasteiger partial charge in [-0.25, -0.2) is 4.98 Å². The van der Waals surface area contributed by atoms with Crippen LogP contribution in [0.25, 0.3) is 16.6 Å². The number of aromatic amines is 1. The number of pyridine rings is 1. The summed E-state index contributed by atoms with van der Waals surface area (Å²) in [4.78, 5) is 7.55. The molecule has 0 fully saturated rings. The van der Waals surface area contributed by atoms with Crippen molar-refractivity contribution >= 4 is 22.3 Å². The van der Waals surface area contributed by atoms with Crippen LogP contribution in [0.15, 0.2) is 78.9 Å². The Bertz CT molecular complexity index is 1140. The van der Waals surface area contributed by atoms with Gasteiger partial charge in [-0.1, -0.05) is 6.08 Å². The molecule has 2 aliphatic heterocycles. The highest BCUT2D eigenvalue weighted by atomic mass is 19.4. The molecule has 0 atom stereocenters. The Labute approximate surface area is 158 Å². The molecular weight excluding hydrogens is 365 g/mol. The van der Waals surface area contributed by atoms with E-state index >= 15 is 0 Å². The molecule has 140 valence electrons. The van der Waals surface area contributed by atoms with Crippen molar-refractivity contribution in [2.45, 2.75) is 6.18 Å². The third kappa shape index (κ3) is 2.67. The zero-order valence-corrected chi connectivity index (χ0v) is 14.6. The van der Waals surface area contributed by atoms with Crippen LogP contribution in [-0.2, 0) is 6.18 Å². The summed E-state index contributed by atoms with van der Waals surface area (Å²) in [7, 11) is 0. The number of benzene rings is 1. The van der Waals surface area contributed by atoms with Crippen molar-refractivity contribution in [3.05, 3.63) is 90.0 Å². The predicted molar refractivity (Wildman–Crippen MR) is 102 cm³/mol. The van der Waals surface area contributed by atoms with E-state index in [2.05, 4.69) is 16.0 Å². The van der Waals surface area contributed by atoms with Crippen molar-refractivity contribution < 1.29 is 13.2 Å². The topological polar surface area (TPSA) is 35.2 Å². The van der Waals surface area contributed by atoms with Gasteiger partial charge in [0.2, 0.25) is 0 Å². The molecule has 0 spiro atoms. The number of alkyl halides is 3. The Hall–Kier alpha value is -3.48. The van der Waals surface area contributed by atoms with Crippen molar-refractivity contribution in [1.82, 2.24) is 15.0 Å². The Kier molecular flexibility index (Phi) is 3.58. The van der Waals surface area contributed by atoms with E-state index in [4.69, 9.17) is 0 Å². The van der Waals surface area contributed by atoms with Gasteiger partial charge in [-0.3, -0.25) is 10.0 Å². The van der Waals surface area contributed by atoms with E-state index in [0.29, 0.717) is 12.2 Å². The van der Waals surface area contributed by atoms with Crippen LogP contribution in [0.2, 0.25) is 0 Å². The van der Waals surface area contributed by atoms with Gasteiger partial charge in [0.15, 0.2) is 0 Å². The zero-order chi connectivity index (χ0) is 19.3. The van der Waals surface area contributed by atoms with Gasteiger partial charge in [0.05, 0.1) is 23.5 Å². The average molecular weight is 380 g/mol. The molecule has 0 saturated heterocycles. The molecule has 0 radical (unpaired) electrons. The number of hydrazine groups is 1. The van der Waals surface area contributed by atoms with Gasteiger partial charge in [-0.05, 0) is 48.6 Å². The number of rotatable bonds is 2. The fourth-order valence-corrected chi connectivity index (χ4v) is 3.57. The molecule has 4 heterocycles. The molecule has 4 nitrogen and oxygen atoms in total. The third-order valence-corrected chi connectivity index (χ3v) is 4.96. The molecule has 7 heteroatoms. The molecule has 0 saturated carbocycles. The number of hydrogen-bond donors (Lipinski definition) is 1. The number of H-pyrrole nitrogens is 1. The summed E-state index contributed by atoms with van der Waals surface area (Å²) in [6.45, 7) is 0.535. The van der Waals surface area contributed by atoms with Gasteiger partial charge in [0.25, 0.3) is 0 Å². The summed E-state index contributed by atoms with van der Waals surface area (Å²) in [5, 5.41) is 4.92. The first kappa shape index (κ1) is 16.7. The summed E-state index contributed by atoms with van der Waals surface area (Å²) in [5.74, 6) is 0. The van der Waals surface area contributed by atoms with E-state index in [1.165, 1.54) is 12.1 Å². The Balaban J connectivity index is 1.53. The monoisotopic (exact) mass is 380 g/mol. The molecule has 28 heavy (non-hydrogen) atoms. The smallest absolute Gasteiger partial charge is 0.346 e. The molecule has 0 amide bonds. The third-order valence-electron chi connectivity index (χ3n) is 4.96. The number of nitrogens with one attached hydrogen (secondary N) is 1. The van der Waals surface area contributed by atoms with Crippen LogP contribution < -0.4 is 5.01 Å². The highest BCUT2D eigenvalue weighted by Crippen LogP contribution is 2.38. The molecule has 0 aliphatic carbocycles. The van der Waals surface area contributed by atoms with Gasteiger partial charge >= 0.3 is 6.18 Å². The lowest BCUT2D eigenvalue weighted by molar-refractivity contribution is -0.137. The number of halogens is 3. The molecular formula is C21H15F3N4. The molecule has 1 aromatic carbocycles. The fraction of sp³-hybridized carbons (Fsp3) is 0.0952. The van der Waals surface area contributed by atoms with Crippen molar-refractivity contribution in [1.29, 1.82) is 0 Å². The zero-order valence-electron chi connectivity index (χ0n) is 14.6. The van der Waals surface area contributed by atoms with Crippen LogP contribution in [0, 0.1) is 0 Å². The minimum absolute atomic E-state index is 0.535. The first-order chi connectivity index (χ1) is 13.5. The predicted octanol–water partition coefficient (Wildman–Crippen LogP) is 5.11. The minimum atomic E-state index is -4.34.